The van der Waals surface area contributed by atoms with Gasteiger partial charge in [-0.3, -0.25) is 0 Å². The molecule has 3 heteroatoms. The number of hydrogen-bond acceptors (Lipinski definition) is 1. The van der Waals surface area contributed by atoms with Crippen molar-refractivity contribution in [1.82, 2.24) is 9.80 Å². The number of carbonyl (C=O) groups is 1. The van der Waals surface area contributed by atoms with E-state index in [0.29, 0.717) is 12.1 Å². The Balaban J connectivity index is 2.06. The molecular formula is C12H22N2O. The summed E-state index contributed by atoms with van der Waals surface area (Å²) in [5.74, 6) is 0. The molecule has 0 N–H and O–H groups in total. The van der Waals surface area contributed by atoms with Crippen LogP contribution in [0.1, 0.15) is 46.0 Å². The molecule has 0 bridgehead atoms. The fourth-order valence-electron chi connectivity index (χ4n) is 2.70. The van der Waals surface area contributed by atoms with Gasteiger partial charge in [0, 0.05) is 19.1 Å². The van der Waals surface area contributed by atoms with Crippen LogP contribution in [0.4, 0.5) is 4.79 Å². The Bertz CT molecular complexity index is 240. The number of carbonyl (C=O) groups excluding carboxylic acids is 1. The molecule has 2 amide bonds. The molecule has 1 atom stereocenters. The van der Waals surface area contributed by atoms with Crippen LogP contribution in [0, 0.1) is 0 Å². The van der Waals surface area contributed by atoms with E-state index >= 15 is 0 Å². The molecule has 2 saturated heterocycles. The van der Waals surface area contributed by atoms with E-state index in [4.69, 9.17) is 0 Å². The lowest BCUT2D eigenvalue weighted by atomic mass is 10.0. The van der Waals surface area contributed by atoms with Gasteiger partial charge in [-0.05, 0) is 26.7 Å². The maximum absolute atomic E-state index is 12.1. The Hall–Kier alpha value is -0.730. The Labute approximate surface area is 92.4 Å². The second-order valence-corrected chi connectivity index (χ2v) is 5.08. The fraction of sp³-hybridized carbons (Fsp3) is 0.917. The van der Waals surface area contributed by atoms with Gasteiger partial charge in [-0.25, -0.2) is 4.79 Å². The molecule has 2 rings (SSSR count). The van der Waals surface area contributed by atoms with Gasteiger partial charge in [0.05, 0.1) is 6.04 Å². The molecule has 0 aliphatic carbocycles. The third-order valence-corrected chi connectivity index (χ3v) is 3.65. The van der Waals surface area contributed by atoms with Gasteiger partial charge < -0.3 is 9.80 Å². The highest BCUT2D eigenvalue weighted by Gasteiger charge is 2.37. The molecule has 2 fully saturated rings. The van der Waals surface area contributed by atoms with Crippen molar-refractivity contribution in [2.75, 3.05) is 13.1 Å². The van der Waals surface area contributed by atoms with Crippen LogP contribution in [0.2, 0.25) is 0 Å². The van der Waals surface area contributed by atoms with Crippen LogP contribution >= 0.6 is 0 Å². The number of urea groups is 1. The lowest BCUT2D eigenvalue weighted by Gasteiger charge is -2.25. The molecule has 0 radical (unpaired) electrons. The van der Waals surface area contributed by atoms with Crippen LogP contribution < -0.4 is 0 Å². The van der Waals surface area contributed by atoms with Crippen LogP contribution in [-0.2, 0) is 0 Å². The number of hydrogen-bond donors (Lipinski definition) is 0. The van der Waals surface area contributed by atoms with Gasteiger partial charge in [0.2, 0.25) is 0 Å². The van der Waals surface area contributed by atoms with Crippen molar-refractivity contribution in [1.29, 1.82) is 0 Å². The largest absolute Gasteiger partial charge is 0.320 e. The van der Waals surface area contributed by atoms with Crippen molar-refractivity contribution >= 4 is 6.03 Å². The summed E-state index contributed by atoms with van der Waals surface area (Å²) in [6.45, 7) is 6.15. The quantitative estimate of drug-likeness (QED) is 0.652. The van der Waals surface area contributed by atoms with Gasteiger partial charge >= 0.3 is 6.03 Å². The lowest BCUT2D eigenvalue weighted by molar-refractivity contribution is 0.175. The van der Waals surface area contributed by atoms with Crippen LogP contribution in [0.5, 0.6) is 0 Å². The van der Waals surface area contributed by atoms with Gasteiger partial charge in [0.15, 0.2) is 0 Å². The normalized spacial score (nSPS) is 27.9. The Morgan fingerprint density at radius 1 is 1.20 bits per heavy atom. The maximum Gasteiger partial charge on any atom is 0.320 e. The summed E-state index contributed by atoms with van der Waals surface area (Å²) >= 11 is 0. The highest BCUT2D eigenvalue weighted by molar-refractivity contribution is 5.77. The summed E-state index contributed by atoms with van der Waals surface area (Å²) < 4.78 is 0. The van der Waals surface area contributed by atoms with Crippen LogP contribution in [0.25, 0.3) is 0 Å². The summed E-state index contributed by atoms with van der Waals surface area (Å²) in [4.78, 5) is 16.2. The van der Waals surface area contributed by atoms with E-state index in [2.05, 4.69) is 18.7 Å². The van der Waals surface area contributed by atoms with E-state index in [-0.39, 0.29) is 6.03 Å². The zero-order valence-electron chi connectivity index (χ0n) is 9.91. The number of fused-ring (bicyclic) bond motifs is 1. The molecule has 0 aromatic carbocycles. The zero-order valence-corrected chi connectivity index (χ0v) is 9.91. The van der Waals surface area contributed by atoms with Crippen LogP contribution in [-0.4, -0.2) is 41.0 Å². The molecule has 2 aliphatic rings. The molecule has 0 aromatic rings. The summed E-state index contributed by atoms with van der Waals surface area (Å²) in [5, 5.41) is 0. The maximum atomic E-state index is 12.1. The monoisotopic (exact) mass is 210 g/mol. The first-order chi connectivity index (χ1) is 7.20. The first kappa shape index (κ1) is 10.8. The second kappa shape index (κ2) is 4.42. The van der Waals surface area contributed by atoms with Gasteiger partial charge in [-0.1, -0.05) is 19.3 Å². The standard InChI is InChI=1S/C12H22N2O/c1-10(2)14-9-11-7-5-3-4-6-8-13(11)12(14)15/h10-11H,3-9H2,1-2H3. The molecule has 0 saturated carbocycles. The fourth-order valence-corrected chi connectivity index (χ4v) is 2.70. The summed E-state index contributed by atoms with van der Waals surface area (Å²) in [7, 11) is 0. The third kappa shape index (κ3) is 2.11. The number of rotatable bonds is 1. The van der Waals surface area contributed by atoms with Crippen molar-refractivity contribution < 1.29 is 4.79 Å². The number of amides is 2. The van der Waals surface area contributed by atoms with Crippen LogP contribution in [0.3, 0.4) is 0 Å². The first-order valence-electron chi connectivity index (χ1n) is 6.27. The number of nitrogens with zero attached hydrogens (tertiary/aromatic N) is 2. The van der Waals surface area contributed by atoms with Crippen LogP contribution in [0.15, 0.2) is 0 Å². The van der Waals surface area contributed by atoms with E-state index in [1.54, 1.807) is 0 Å². The SMILES string of the molecule is CC(C)N1CC2CCCCCCN2C1=O. The molecular weight excluding hydrogens is 188 g/mol. The summed E-state index contributed by atoms with van der Waals surface area (Å²) in [6.07, 6.45) is 6.32. The molecule has 3 nitrogen and oxygen atoms in total. The van der Waals surface area contributed by atoms with Crippen molar-refractivity contribution in [2.45, 2.75) is 58.0 Å². The average molecular weight is 210 g/mol. The minimum absolute atomic E-state index is 0.275. The van der Waals surface area contributed by atoms with Gasteiger partial charge in [0.25, 0.3) is 0 Å². The molecule has 1 unspecified atom stereocenters. The van der Waals surface area contributed by atoms with E-state index in [1.807, 2.05) is 4.90 Å². The molecule has 2 heterocycles. The molecule has 2 aliphatic heterocycles. The van der Waals surface area contributed by atoms with E-state index in [0.717, 1.165) is 13.1 Å². The Kier molecular flexibility index (Phi) is 3.17. The molecule has 15 heavy (non-hydrogen) atoms. The highest BCUT2D eigenvalue weighted by atomic mass is 16.2. The van der Waals surface area contributed by atoms with E-state index in [1.165, 1.54) is 32.1 Å². The van der Waals surface area contributed by atoms with Gasteiger partial charge in [-0.15, -0.1) is 0 Å². The molecule has 0 spiro atoms. The zero-order chi connectivity index (χ0) is 10.8. The topological polar surface area (TPSA) is 23.6 Å². The van der Waals surface area contributed by atoms with Gasteiger partial charge in [0.1, 0.15) is 0 Å². The Morgan fingerprint density at radius 3 is 2.67 bits per heavy atom. The van der Waals surface area contributed by atoms with E-state index < -0.39 is 0 Å². The lowest BCUT2D eigenvalue weighted by Crippen LogP contribution is -2.38. The second-order valence-electron chi connectivity index (χ2n) is 5.08. The van der Waals surface area contributed by atoms with Crippen molar-refractivity contribution in [3.05, 3.63) is 0 Å². The van der Waals surface area contributed by atoms with Crippen molar-refractivity contribution in [2.24, 2.45) is 0 Å². The minimum Gasteiger partial charge on any atom is -0.320 e. The molecule has 0 aromatic heterocycles. The summed E-state index contributed by atoms with van der Waals surface area (Å²) in [6, 6.07) is 1.13. The first-order valence-corrected chi connectivity index (χ1v) is 6.27. The smallest absolute Gasteiger partial charge is 0.320 e. The third-order valence-electron chi connectivity index (χ3n) is 3.65. The predicted molar refractivity (Wildman–Crippen MR) is 60.8 cm³/mol. The Morgan fingerprint density at radius 2 is 1.93 bits per heavy atom. The van der Waals surface area contributed by atoms with Gasteiger partial charge in [-0.2, -0.15) is 0 Å². The van der Waals surface area contributed by atoms with E-state index in [9.17, 15) is 4.79 Å². The predicted octanol–water partition coefficient (Wildman–Crippen LogP) is 2.47. The summed E-state index contributed by atoms with van der Waals surface area (Å²) in [5.41, 5.74) is 0. The average Bonchev–Trinajstić information content (AvgIpc) is 2.42. The minimum atomic E-state index is 0.275. The molecule has 86 valence electrons. The van der Waals surface area contributed by atoms with Crippen molar-refractivity contribution in [3.8, 4) is 0 Å². The highest BCUT2D eigenvalue weighted by Crippen LogP contribution is 2.25. The van der Waals surface area contributed by atoms with Crippen molar-refractivity contribution in [3.63, 3.8) is 0 Å².